The SMILES string of the molecule is COC(=O)c1ccc(C)c(NC(=O)[C@@H](C)Sc2ccc(OC)c(OC)c2)c1. The number of nitrogens with one attached hydrogen (secondary N) is 1. The maximum atomic E-state index is 12.6. The van der Waals surface area contributed by atoms with Crippen molar-refractivity contribution in [3.8, 4) is 11.5 Å². The average Bonchev–Trinajstić information content (AvgIpc) is 2.68. The van der Waals surface area contributed by atoms with Crippen molar-refractivity contribution in [2.45, 2.75) is 24.0 Å². The van der Waals surface area contributed by atoms with Crippen LogP contribution in [0.1, 0.15) is 22.8 Å². The molecule has 0 aliphatic heterocycles. The Kier molecular flexibility index (Phi) is 7.12. The van der Waals surface area contributed by atoms with E-state index in [1.165, 1.54) is 18.9 Å². The number of ether oxygens (including phenoxy) is 3. The number of esters is 1. The van der Waals surface area contributed by atoms with Crippen molar-refractivity contribution in [2.24, 2.45) is 0 Å². The number of amides is 1. The van der Waals surface area contributed by atoms with E-state index >= 15 is 0 Å². The van der Waals surface area contributed by atoms with Crippen LogP contribution in [0.5, 0.6) is 11.5 Å². The monoisotopic (exact) mass is 389 g/mol. The van der Waals surface area contributed by atoms with Gasteiger partial charge in [-0.15, -0.1) is 11.8 Å². The van der Waals surface area contributed by atoms with Crippen LogP contribution in [0.2, 0.25) is 0 Å². The Morgan fingerprint density at radius 2 is 1.70 bits per heavy atom. The smallest absolute Gasteiger partial charge is 0.337 e. The van der Waals surface area contributed by atoms with Gasteiger partial charge < -0.3 is 19.5 Å². The molecular weight excluding hydrogens is 366 g/mol. The van der Waals surface area contributed by atoms with E-state index in [1.807, 2.05) is 26.0 Å². The molecule has 0 unspecified atom stereocenters. The molecular formula is C20H23NO5S. The van der Waals surface area contributed by atoms with Crippen molar-refractivity contribution >= 4 is 29.3 Å². The lowest BCUT2D eigenvalue weighted by Gasteiger charge is -2.15. The van der Waals surface area contributed by atoms with Crippen LogP contribution in [0.15, 0.2) is 41.3 Å². The van der Waals surface area contributed by atoms with Gasteiger partial charge in [0.15, 0.2) is 11.5 Å². The van der Waals surface area contributed by atoms with Crippen LogP contribution in [-0.2, 0) is 9.53 Å². The van der Waals surface area contributed by atoms with Crippen LogP contribution in [0.4, 0.5) is 5.69 Å². The lowest BCUT2D eigenvalue weighted by atomic mass is 10.1. The summed E-state index contributed by atoms with van der Waals surface area (Å²) in [6.07, 6.45) is 0. The number of carbonyl (C=O) groups is 2. The van der Waals surface area contributed by atoms with E-state index < -0.39 is 5.97 Å². The summed E-state index contributed by atoms with van der Waals surface area (Å²) in [5, 5.41) is 2.52. The molecule has 0 radical (unpaired) electrons. The van der Waals surface area contributed by atoms with Gasteiger partial charge in [0.1, 0.15) is 0 Å². The minimum Gasteiger partial charge on any atom is -0.493 e. The second kappa shape index (κ2) is 9.32. The number of aryl methyl sites for hydroxylation is 1. The van der Waals surface area contributed by atoms with Crippen molar-refractivity contribution in [3.05, 3.63) is 47.5 Å². The number of carbonyl (C=O) groups excluding carboxylic acids is 2. The van der Waals surface area contributed by atoms with Crippen molar-refractivity contribution in [1.29, 1.82) is 0 Å². The number of hydrogen-bond donors (Lipinski definition) is 1. The highest BCUT2D eigenvalue weighted by atomic mass is 32.2. The third-order valence-electron chi connectivity index (χ3n) is 3.95. The second-order valence-corrected chi connectivity index (χ2v) is 7.20. The van der Waals surface area contributed by atoms with Gasteiger partial charge in [-0.3, -0.25) is 4.79 Å². The maximum absolute atomic E-state index is 12.6. The standard InChI is InChI=1S/C20H23NO5S/c1-12-6-7-14(20(23)26-5)10-16(12)21-19(22)13(2)27-15-8-9-17(24-3)18(11-15)25-4/h6-11,13H,1-5H3,(H,21,22)/t13-/m1/s1. The summed E-state index contributed by atoms with van der Waals surface area (Å²) >= 11 is 1.40. The minimum atomic E-state index is -0.446. The first kappa shape index (κ1) is 20.6. The molecule has 144 valence electrons. The van der Waals surface area contributed by atoms with Crippen molar-refractivity contribution in [3.63, 3.8) is 0 Å². The van der Waals surface area contributed by atoms with E-state index in [0.29, 0.717) is 22.7 Å². The molecule has 1 atom stereocenters. The third kappa shape index (κ3) is 5.17. The number of methoxy groups -OCH3 is 3. The highest BCUT2D eigenvalue weighted by Crippen LogP contribution is 2.33. The molecule has 0 saturated carbocycles. The lowest BCUT2D eigenvalue weighted by molar-refractivity contribution is -0.115. The zero-order valence-corrected chi connectivity index (χ0v) is 16.8. The van der Waals surface area contributed by atoms with Crippen LogP contribution in [0.3, 0.4) is 0 Å². The fourth-order valence-corrected chi connectivity index (χ4v) is 3.28. The van der Waals surface area contributed by atoms with Gasteiger partial charge in [0.25, 0.3) is 0 Å². The maximum Gasteiger partial charge on any atom is 0.337 e. The van der Waals surface area contributed by atoms with Crippen molar-refractivity contribution < 1.29 is 23.8 Å². The first-order chi connectivity index (χ1) is 12.9. The molecule has 0 bridgehead atoms. The molecule has 7 heteroatoms. The Bertz CT molecular complexity index is 837. The van der Waals surface area contributed by atoms with Gasteiger partial charge in [-0.05, 0) is 49.7 Å². The second-order valence-electron chi connectivity index (χ2n) is 5.79. The van der Waals surface area contributed by atoms with Gasteiger partial charge in [-0.2, -0.15) is 0 Å². The Morgan fingerprint density at radius 1 is 1.00 bits per heavy atom. The van der Waals surface area contributed by atoms with E-state index in [4.69, 9.17) is 14.2 Å². The summed E-state index contributed by atoms with van der Waals surface area (Å²) in [6.45, 7) is 3.68. The summed E-state index contributed by atoms with van der Waals surface area (Å²) in [7, 11) is 4.47. The van der Waals surface area contributed by atoms with Gasteiger partial charge in [-0.25, -0.2) is 4.79 Å². The molecule has 2 rings (SSSR count). The zero-order chi connectivity index (χ0) is 20.0. The van der Waals surface area contributed by atoms with Crippen LogP contribution in [0.25, 0.3) is 0 Å². The molecule has 2 aromatic carbocycles. The van der Waals surface area contributed by atoms with Gasteiger partial charge in [-0.1, -0.05) is 6.07 Å². The molecule has 6 nitrogen and oxygen atoms in total. The molecule has 0 spiro atoms. The summed E-state index contributed by atoms with van der Waals surface area (Å²) in [5.41, 5.74) is 1.83. The normalized spacial score (nSPS) is 11.4. The van der Waals surface area contributed by atoms with E-state index in [2.05, 4.69) is 5.32 Å². The molecule has 0 saturated heterocycles. The highest BCUT2D eigenvalue weighted by Gasteiger charge is 2.17. The van der Waals surface area contributed by atoms with Crippen LogP contribution in [-0.4, -0.2) is 38.5 Å². The number of anilines is 1. The predicted molar refractivity (Wildman–Crippen MR) is 106 cm³/mol. The molecule has 0 aliphatic rings. The molecule has 0 aliphatic carbocycles. The zero-order valence-electron chi connectivity index (χ0n) is 16.0. The minimum absolute atomic E-state index is 0.167. The van der Waals surface area contributed by atoms with Gasteiger partial charge >= 0.3 is 5.97 Å². The summed E-state index contributed by atoms with van der Waals surface area (Å²) < 4.78 is 15.2. The Morgan fingerprint density at radius 3 is 2.33 bits per heavy atom. The Balaban J connectivity index is 2.11. The number of rotatable bonds is 7. The highest BCUT2D eigenvalue weighted by molar-refractivity contribution is 8.00. The van der Waals surface area contributed by atoms with Crippen LogP contribution in [0, 0.1) is 6.92 Å². The van der Waals surface area contributed by atoms with E-state index in [-0.39, 0.29) is 11.2 Å². The molecule has 0 heterocycles. The number of benzene rings is 2. The molecule has 0 fully saturated rings. The van der Waals surface area contributed by atoms with Crippen LogP contribution >= 0.6 is 11.8 Å². The van der Waals surface area contributed by atoms with E-state index in [1.54, 1.807) is 38.5 Å². The first-order valence-corrected chi connectivity index (χ1v) is 9.16. The predicted octanol–water partition coefficient (Wildman–Crippen LogP) is 3.92. The molecule has 1 amide bonds. The third-order valence-corrected chi connectivity index (χ3v) is 5.05. The van der Waals surface area contributed by atoms with Crippen molar-refractivity contribution in [2.75, 3.05) is 26.6 Å². The van der Waals surface area contributed by atoms with Gasteiger partial charge in [0, 0.05) is 10.6 Å². The van der Waals surface area contributed by atoms with E-state index in [0.717, 1.165) is 10.5 Å². The summed E-state index contributed by atoms with van der Waals surface area (Å²) in [5.74, 6) is 0.629. The lowest BCUT2D eigenvalue weighted by Crippen LogP contribution is -2.23. The average molecular weight is 389 g/mol. The van der Waals surface area contributed by atoms with Gasteiger partial charge in [0.2, 0.25) is 5.91 Å². The van der Waals surface area contributed by atoms with Crippen LogP contribution < -0.4 is 14.8 Å². The molecule has 1 N–H and O–H groups in total. The fourth-order valence-electron chi connectivity index (χ4n) is 2.38. The first-order valence-electron chi connectivity index (χ1n) is 8.28. The molecule has 0 aromatic heterocycles. The molecule has 2 aromatic rings. The molecule has 27 heavy (non-hydrogen) atoms. The topological polar surface area (TPSA) is 73.9 Å². The van der Waals surface area contributed by atoms with Gasteiger partial charge in [0.05, 0.1) is 32.1 Å². The number of hydrogen-bond acceptors (Lipinski definition) is 6. The van der Waals surface area contributed by atoms with E-state index in [9.17, 15) is 9.59 Å². The Labute approximate surface area is 163 Å². The van der Waals surface area contributed by atoms with Crippen molar-refractivity contribution in [1.82, 2.24) is 0 Å². The Hall–Kier alpha value is -2.67. The fraction of sp³-hybridized carbons (Fsp3) is 0.300. The summed E-state index contributed by atoms with van der Waals surface area (Å²) in [4.78, 5) is 25.2. The summed E-state index contributed by atoms with van der Waals surface area (Å²) in [6, 6.07) is 10.6. The largest absolute Gasteiger partial charge is 0.493 e. The quantitative estimate of drug-likeness (QED) is 0.572. The number of thioether (sulfide) groups is 1.